The lowest BCUT2D eigenvalue weighted by atomic mass is 10.1. The average molecular weight is 231 g/mol. The Bertz CT molecular complexity index is 555. The van der Waals surface area contributed by atoms with Crippen molar-refractivity contribution < 1.29 is 9.53 Å². The molecule has 0 aliphatic carbocycles. The zero-order valence-corrected chi connectivity index (χ0v) is 10.5. The number of carbonyl (C=O) groups excluding carboxylic acids is 1. The van der Waals surface area contributed by atoms with Gasteiger partial charge in [0.1, 0.15) is 11.5 Å². The van der Waals surface area contributed by atoms with Crippen molar-refractivity contribution in [1.82, 2.24) is 4.57 Å². The smallest absolute Gasteiger partial charge is 0.130 e. The molecule has 0 N–H and O–H groups in total. The fourth-order valence-corrected chi connectivity index (χ4v) is 2.09. The maximum absolute atomic E-state index is 11.1. The highest BCUT2D eigenvalue weighted by atomic mass is 16.5. The largest absolute Gasteiger partial charge is 0.497 e. The highest BCUT2D eigenvalue weighted by Crippen LogP contribution is 2.26. The highest BCUT2D eigenvalue weighted by molar-refractivity contribution is 5.86. The molecule has 17 heavy (non-hydrogen) atoms. The minimum absolute atomic E-state index is 0.227. The molecule has 0 saturated heterocycles. The van der Waals surface area contributed by atoms with Crippen LogP contribution in [-0.4, -0.2) is 17.5 Å². The van der Waals surface area contributed by atoms with Gasteiger partial charge in [-0.2, -0.15) is 0 Å². The number of hydrogen-bond acceptors (Lipinski definition) is 2. The Balaban J connectivity index is 2.43. The van der Waals surface area contributed by atoms with Crippen LogP contribution in [0, 0.1) is 0 Å². The van der Waals surface area contributed by atoms with E-state index in [1.54, 1.807) is 14.0 Å². The Morgan fingerprint density at radius 3 is 2.82 bits per heavy atom. The van der Waals surface area contributed by atoms with E-state index in [0.29, 0.717) is 6.42 Å². The molecular formula is C14H17NO2. The van der Waals surface area contributed by atoms with Crippen molar-refractivity contribution in [3.63, 3.8) is 0 Å². The number of hydrogen-bond donors (Lipinski definition) is 0. The van der Waals surface area contributed by atoms with Crippen LogP contribution in [0.4, 0.5) is 0 Å². The van der Waals surface area contributed by atoms with Gasteiger partial charge >= 0.3 is 0 Å². The first-order valence-corrected chi connectivity index (χ1v) is 5.73. The van der Waals surface area contributed by atoms with Crippen LogP contribution in [0.3, 0.4) is 0 Å². The summed E-state index contributed by atoms with van der Waals surface area (Å²) in [5.74, 6) is 1.08. The van der Waals surface area contributed by atoms with Crippen molar-refractivity contribution in [3.8, 4) is 5.75 Å². The summed E-state index contributed by atoms with van der Waals surface area (Å²) in [5, 5.41) is 1.17. The molecule has 0 radical (unpaired) electrons. The van der Waals surface area contributed by atoms with Crippen molar-refractivity contribution >= 4 is 16.7 Å². The number of nitrogens with zero attached hydrogens (tertiary/aromatic N) is 1. The molecule has 0 amide bonds. The third-order valence-electron chi connectivity index (χ3n) is 3.03. The molecule has 1 aromatic heterocycles. The van der Waals surface area contributed by atoms with Crippen molar-refractivity contribution in [2.24, 2.45) is 7.05 Å². The summed E-state index contributed by atoms with van der Waals surface area (Å²) >= 11 is 0. The minimum Gasteiger partial charge on any atom is -0.497 e. The van der Waals surface area contributed by atoms with Gasteiger partial charge in [-0.05, 0) is 37.1 Å². The molecule has 1 aromatic carbocycles. The minimum atomic E-state index is 0.227. The Morgan fingerprint density at radius 2 is 2.18 bits per heavy atom. The Morgan fingerprint density at radius 1 is 1.41 bits per heavy atom. The predicted molar refractivity (Wildman–Crippen MR) is 68.5 cm³/mol. The van der Waals surface area contributed by atoms with Gasteiger partial charge in [-0.15, -0.1) is 0 Å². The molecule has 0 bridgehead atoms. The molecule has 0 aliphatic heterocycles. The van der Waals surface area contributed by atoms with Gasteiger partial charge in [0.25, 0.3) is 0 Å². The monoisotopic (exact) mass is 231 g/mol. The molecule has 0 spiro atoms. The molecule has 3 nitrogen and oxygen atoms in total. The van der Waals surface area contributed by atoms with Gasteiger partial charge in [0.2, 0.25) is 0 Å². The van der Waals surface area contributed by atoms with Crippen LogP contribution in [0.1, 0.15) is 18.9 Å². The van der Waals surface area contributed by atoms with Crippen LogP contribution in [-0.2, 0) is 18.3 Å². The van der Waals surface area contributed by atoms with E-state index < -0.39 is 0 Å². The summed E-state index contributed by atoms with van der Waals surface area (Å²) in [6, 6.07) is 6.04. The number of Topliss-reactive ketones (excluding diaryl/α,β-unsaturated/α-hetero) is 1. The van der Waals surface area contributed by atoms with Crippen LogP contribution < -0.4 is 4.74 Å². The fourth-order valence-electron chi connectivity index (χ4n) is 2.09. The number of benzene rings is 1. The second-order valence-corrected chi connectivity index (χ2v) is 4.35. The van der Waals surface area contributed by atoms with E-state index in [1.165, 1.54) is 16.5 Å². The van der Waals surface area contributed by atoms with Crippen LogP contribution >= 0.6 is 0 Å². The normalized spacial score (nSPS) is 10.8. The third-order valence-corrected chi connectivity index (χ3v) is 3.03. The van der Waals surface area contributed by atoms with Gasteiger partial charge in [-0.25, -0.2) is 0 Å². The summed E-state index contributed by atoms with van der Waals surface area (Å²) in [7, 11) is 3.69. The maximum Gasteiger partial charge on any atom is 0.130 e. The van der Waals surface area contributed by atoms with Crippen molar-refractivity contribution in [2.75, 3.05) is 7.11 Å². The second kappa shape index (κ2) is 4.62. The molecule has 0 unspecified atom stereocenters. The van der Waals surface area contributed by atoms with Gasteiger partial charge in [0, 0.05) is 30.6 Å². The van der Waals surface area contributed by atoms with E-state index in [1.807, 2.05) is 25.2 Å². The Kier molecular flexibility index (Phi) is 3.18. The number of carbonyl (C=O) groups is 1. The van der Waals surface area contributed by atoms with Crippen molar-refractivity contribution in [2.45, 2.75) is 19.8 Å². The zero-order valence-electron chi connectivity index (χ0n) is 10.5. The van der Waals surface area contributed by atoms with Crippen LogP contribution in [0.5, 0.6) is 5.75 Å². The van der Waals surface area contributed by atoms with E-state index in [-0.39, 0.29) is 5.78 Å². The molecular weight excluding hydrogens is 214 g/mol. The van der Waals surface area contributed by atoms with Gasteiger partial charge in [-0.1, -0.05) is 0 Å². The average Bonchev–Trinajstić information content (AvgIpc) is 2.63. The number of fused-ring (bicyclic) bond motifs is 1. The van der Waals surface area contributed by atoms with E-state index in [0.717, 1.165) is 12.2 Å². The van der Waals surface area contributed by atoms with E-state index in [2.05, 4.69) is 10.8 Å². The lowest BCUT2D eigenvalue weighted by molar-refractivity contribution is -0.116. The van der Waals surface area contributed by atoms with E-state index in [9.17, 15) is 4.79 Å². The molecule has 2 aromatic rings. The number of ketones is 1. The number of aromatic nitrogens is 1. The predicted octanol–water partition coefficient (Wildman–Crippen LogP) is 2.71. The quantitative estimate of drug-likeness (QED) is 0.810. The molecule has 0 saturated carbocycles. The number of aryl methyl sites for hydroxylation is 2. The third kappa shape index (κ3) is 2.33. The Hall–Kier alpha value is -1.77. The molecule has 3 heteroatoms. The summed E-state index contributed by atoms with van der Waals surface area (Å²) in [5.41, 5.74) is 2.38. The second-order valence-electron chi connectivity index (χ2n) is 4.35. The summed E-state index contributed by atoms with van der Waals surface area (Å²) in [6.45, 7) is 1.63. The SMILES string of the molecule is COc1ccc2c(c1)c(CCC(C)=O)cn2C. The standard InChI is InChI=1S/C14H17NO2/c1-10(16)4-5-11-9-15(2)14-7-6-12(17-3)8-13(11)14/h6-9H,4-5H2,1-3H3. The topological polar surface area (TPSA) is 31.2 Å². The van der Waals surface area contributed by atoms with Crippen molar-refractivity contribution in [3.05, 3.63) is 30.0 Å². The molecule has 0 atom stereocenters. The van der Waals surface area contributed by atoms with Gasteiger partial charge in [0.15, 0.2) is 0 Å². The van der Waals surface area contributed by atoms with Crippen molar-refractivity contribution in [1.29, 1.82) is 0 Å². The molecule has 0 aliphatic rings. The molecule has 2 rings (SSSR count). The van der Waals surface area contributed by atoms with E-state index >= 15 is 0 Å². The molecule has 0 fully saturated rings. The summed E-state index contributed by atoms with van der Waals surface area (Å²) in [4.78, 5) is 11.1. The zero-order chi connectivity index (χ0) is 12.4. The van der Waals surface area contributed by atoms with Crippen LogP contribution in [0.2, 0.25) is 0 Å². The first-order chi connectivity index (χ1) is 8.11. The molecule has 90 valence electrons. The van der Waals surface area contributed by atoms with Gasteiger partial charge in [-0.3, -0.25) is 0 Å². The van der Waals surface area contributed by atoms with Gasteiger partial charge < -0.3 is 14.1 Å². The summed E-state index contributed by atoms with van der Waals surface area (Å²) in [6.07, 6.45) is 3.48. The number of rotatable bonds is 4. The van der Waals surface area contributed by atoms with Crippen LogP contribution in [0.25, 0.3) is 10.9 Å². The lowest BCUT2D eigenvalue weighted by Gasteiger charge is -2.01. The fraction of sp³-hybridized carbons (Fsp3) is 0.357. The summed E-state index contributed by atoms with van der Waals surface area (Å²) < 4.78 is 7.32. The van der Waals surface area contributed by atoms with Gasteiger partial charge in [0.05, 0.1) is 7.11 Å². The first kappa shape index (κ1) is 11.7. The number of methoxy groups -OCH3 is 1. The Labute approximate surface area is 101 Å². The number of ether oxygens (including phenoxy) is 1. The molecule has 1 heterocycles. The van der Waals surface area contributed by atoms with Crippen LogP contribution in [0.15, 0.2) is 24.4 Å². The van der Waals surface area contributed by atoms with E-state index in [4.69, 9.17) is 4.74 Å². The lowest BCUT2D eigenvalue weighted by Crippen LogP contribution is -1.93. The maximum atomic E-state index is 11.1. The highest BCUT2D eigenvalue weighted by Gasteiger charge is 2.08. The first-order valence-electron chi connectivity index (χ1n) is 5.73.